The highest BCUT2D eigenvalue weighted by molar-refractivity contribution is 7.51. The zero-order valence-corrected chi connectivity index (χ0v) is 6.09. The number of alkyl halides is 1. The molecule has 0 aromatic heterocycles. The van der Waals surface area contributed by atoms with E-state index in [1.807, 2.05) is 0 Å². The fourth-order valence-corrected chi connectivity index (χ4v) is 0.643. The molecule has 0 bridgehead atoms. The second kappa shape index (κ2) is 4.42. The van der Waals surface area contributed by atoms with Crippen molar-refractivity contribution in [3.8, 4) is 0 Å². The number of hydrogen-bond acceptors (Lipinski definition) is 1. The lowest BCUT2D eigenvalue weighted by atomic mass is 10.6. The van der Waals surface area contributed by atoms with E-state index in [-0.39, 0.29) is 6.16 Å². The lowest BCUT2D eigenvalue weighted by molar-refractivity contribution is 0.377. The van der Waals surface area contributed by atoms with Gasteiger partial charge in [0.1, 0.15) is 6.67 Å². The molecule has 2 N–H and O–H groups in total. The largest absolute Gasteiger partial charge is 0.329 e. The Morgan fingerprint density at radius 1 is 1.50 bits per heavy atom. The van der Waals surface area contributed by atoms with Gasteiger partial charge in [-0.15, -0.1) is 5.73 Å². The van der Waals surface area contributed by atoms with Crippen molar-refractivity contribution in [3.05, 3.63) is 17.9 Å². The summed E-state index contributed by atoms with van der Waals surface area (Å²) in [6.45, 7) is -0.669. The predicted molar refractivity (Wildman–Crippen MR) is 35.5 cm³/mol. The Bertz CT molecular complexity index is 189. The number of allylic oxidation sites excluding steroid dienone is 1. The average molecular weight is 166 g/mol. The van der Waals surface area contributed by atoms with Gasteiger partial charge in [0, 0.05) is 0 Å². The topological polar surface area (TPSA) is 57.5 Å². The zero-order valence-electron chi connectivity index (χ0n) is 5.20. The maximum absolute atomic E-state index is 11.3. The van der Waals surface area contributed by atoms with Crippen molar-refractivity contribution in [1.29, 1.82) is 0 Å². The van der Waals surface area contributed by atoms with Crippen LogP contribution in [0.15, 0.2) is 17.9 Å². The molecule has 0 heterocycles. The second-order valence-electron chi connectivity index (χ2n) is 1.58. The second-order valence-corrected chi connectivity index (χ2v) is 3.27. The Kier molecular flexibility index (Phi) is 4.24. The van der Waals surface area contributed by atoms with E-state index < -0.39 is 14.3 Å². The monoisotopic (exact) mass is 166 g/mol. The van der Waals surface area contributed by atoms with E-state index >= 15 is 0 Å². The van der Waals surface area contributed by atoms with Crippen molar-refractivity contribution in [2.45, 2.75) is 0 Å². The smallest absolute Gasteiger partial charge is 0.324 e. The Hall–Kier alpha value is -0.400. The molecule has 0 spiro atoms. The number of halogens is 1. The third-order valence-electron chi connectivity index (χ3n) is 0.642. The highest BCUT2D eigenvalue weighted by Crippen LogP contribution is 2.33. The highest BCUT2D eigenvalue weighted by Gasteiger charge is 2.07. The minimum absolute atomic E-state index is 0.385. The van der Waals surface area contributed by atoms with E-state index in [2.05, 4.69) is 5.73 Å². The van der Waals surface area contributed by atoms with E-state index in [1.165, 1.54) is 0 Å². The molecule has 0 aromatic carbocycles. The van der Waals surface area contributed by atoms with Crippen LogP contribution in [0, 0.1) is 0 Å². The first-order chi connectivity index (χ1) is 4.56. The van der Waals surface area contributed by atoms with Crippen LogP contribution in [0.2, 0.25) is 0 Å². The van der Waals surface area contributed by atoms with Crippen molar-refractivity contribution >= 4 is 7.60 Å². The normalized spacial score (nSPS) is 10.3. The molecule has 10 heavy (non-hydrogen) atoms. The number of hydrogen-bond donors (Lipinski definition) is 2. The van der Waals surface area contributed by atoms with E-state index in [1.54, 1.807) is 0 Å². The predicted octanol–water partition coefficient (Wildman–Crippen LogP) is 0.845. The Morgan fingerprint density at radius 2 is 2.10 bits per heavy atom. The molecule has 0 fully saturated rings. The highest BCUT2D eigenvalue weighted by atomic mass is 31.2. The van der Waals surface area contributed by atoms with Crippen LogP contribution in [0.3, 0.4) is 0 Å². The molecule has 0 aliphatic carbocycles. The van der Waals surface area contributed by atoms with Gasteiger partial charge >= 0.3 is 7.60 Å². The summed E-state index contributed by atoms with van der Waals surface area (Å²) >= 11 is 0. The molecule has 0 radical (unpaired) electrons. The SMILES string of the molecule is O=P(O)(O)CC=C=CCF. The molecule has 0 saturated heterocycles. The van der Waals surface area contributed by atoms with Gasteiger partial charge in [-0.2, -0.15) is 0 Å². The lowest BCUT2D eigenvalue weighted by Gasteiger charge is -1.94. The van der Waals surface area contributed by atoms with E-state index in [4.69, 9.17) is 9.79 Å². The molecule has 5 heteroatoms. The van der Waals surface area contributed by atoms with Crippen LogP contribution in [0.25, 0.3) is 0 Å². The first kappa shape index (κ1) is 9.60. The summed E-state index contributed by atoms with van der Waals surface area (Å²) in [7, 11) is -3.97. The van der Waals surface area contributed by atoms with Crippen LogP contribution >= 0.6 is 7.60 Å². The molecule has 0 atom stereocenters. The van der Waals surface area contributed by atoms with Gasteiger partial charge in [0.2, 0.25) is 0 Å². The van der Waals surface area contributed by atoms with E-state index in [0.29, 0.717) is 0 Å². The van der Waals surface area contributed by atoms with Crippen molar-refractivity contribution in [1.82, 2.24) is 0 Å². The summed E-state index contributed by atoms with van der Waals surface area (Å²) in [6, 6.07) is 0. The van der Waals surface area contributed by atoms with Gasteiger partial charge < -0.3 is 9.79 Å². The molecule has 0 aliphatic rings. The van der Waals surface area contributed by atoms with Gasteiger partial charge in [-0.25, -0.2) is 4.39 Å². The van der Waals surface area contributed by atoms with E-state index in [9.17, 15) is 8.96 Å². The molecule has 3 nitrogen and oxygen atoms in total. The van der Waals surface area contributed by atoms with Crippen LogP contribution < -0.4 is 0 Å². The van der Waals surface area contributed by atoms with Gasteiger partial charge in [0.25, 0.3) is 0 Å². The quantitative estimate of drug-likeness (QED) is 0.482. The Balaban J connectivity index is 3.75. The lowest BCUT2D eigenvalue weighted by Crippen LogP contribution is -1.79. The fraction of sp³-hybridized carbons (Fsp3) is 0.400. The molecule has 0 aliphatic heterocycles. The molecule has 0 aromatic rings. The van der Waals surface area contributed by atoms with Crippen LogP contribution in [-0.2, 0) is 4.57 Å². The van der Waals surface area contributed by atoms with Crippen molar-refractivity contribution in [3.63, 3.8) is 0 Å². The third-order valence-corrected chi connectivity index (χ3v) is 1.30. The first-order valence-electron chi connectivity index (χ1n) is 2.56. The molecular weight excluding hydrogens is 158 g/mol. The molecule has 58 valence electrons. The maximum Gasteiger partial charge on any atom is 0.329 e. The summed E-state index contributed by atoms with van der Waals surface area (Å²) in [4.78, 5) is 16.5. The van der Waals surface area contributed by atoms with Gasteiger partial charge in [-0.1, -0.05) is 0 Å². The van der Waals surface area contributed by atoms with Crippen molar-refractivity contribution in [2.24, 2.45) is 0 Å². The summed E-state index contributed by atoms with van der Waals surface area (Å²) in [5, 5.41) is 0. The zero-order chi connectivity index (χ0) is 8.04. The van der Waals surface area contributed by atoms with Gasteiger partial charge in [-0.05, 0) is 12.2 Å². The van der Waals surface area contributed by atoms with Crippen LogP contribution in [0.1, 0.15) is 0 Å². The van der Waals surface area contributed by atoms with Crippen LogP contribution in [0.5, 0.6) is 0 Å². The molecule has 0 rings (SSSR count). The standard InChI is InChI=1S/C5H8FO3P/c6-4-2-1-3-5-10(7,8)9/h2-3H,4-5H2,(H2,7,8,9). The minimum Gasteiger partial charge on any atom is -0.324 e. The van der Waals surface area contributed by atoms with Crippen LogP contribution in [-0.4, -0.2) is 22.6 Å². The summed E-state index contributed by atoms with van der Waals surface area (Å²) in [6.07, 6.45) is 1.78. The molecule has 0 unspecified atom stereocenters. The first-order valence-corrected chi connectivity index (χ1v) is 4.36. The Labute approximate surface area is 58.0 Å². The fourth-order valence-electron chi connectivity index (χ4n) is 0.299. The van der Waals surface area contributed by atoms with Gasteiger partial charge in [0.15, 0.2) is 0 Å². The van der Waals surface area contributed by atoms with Crippen LogP contribution in [0.4, 0.5) is 4.39 Å². The third kappa shape index (κ3) is 7.60. The van der Waals surface area contributed by atoms with Gasteiger partial charge in [0.05, 0.1) is 6.16 Å². The molecule has 0 amide bonds. The summed E-state index contributed by atoms with van der Waals surface area (Å²) < 4.78 is 21.4. The maximum atomic E-state index is 11.3. The van der Waals surface area contributed by atoms with Gasteiger partial charge in [-0.3, -0.25) is 4.57 Å². The molecular formula is C5H8FO3P. The molecule has 0 saturated carbocycles. The van der Waals surface area contributed by atoms with Crippen molar-refractivity contribution in [2.75, 3.05) is 12.8 Å². The summed E-state index contributed by atoms with van der Waals surface area (Å²) in [5.41, 5.74) is 2.27. The summed E-state index contributed by atoms with van der Waals surface area (Å²) in [5.74, 6) is 0. The van der Waals surface area contributed by atoms with Crippen molar-refractivity contribution < 1.29 is 18.7 Å². The number of rotatable bonds is 3. The minimum atomic E-state index is -3.97. The Morgan fingerprint density at radius 3 is 2.50 bits per heavy atom. The van der Waals surface area contributed by atoms with E-state index in [0.717, 1.165) is 12.2 Å². The average Bonchev–Trinajstić information content (AvgIpc) is 1.78.